The second-order valence-electron chi connectivity index (χ2n) is 4.82. The van der Waals surface area contributed by atoms with E-state index in [2.05, 4.69) is 10.6 Å². The molecule has 1 saturated heterocycles. The predicted molar refractivity (Wildman–Crippen MR) is 70.2 cm³/mol. The van der Waals surface area contributed by atoms with Gasteiger partial charge in [-0.2, -0.15) is 0 Å². The number of nitrogens with one attached hydrogen (secondary N) is 2. The zero-order chi connectivity index (χ0) is 13.0. The lowest BCUT2D eigenvalue weighted by atomic mass is 9.93. The van der Waals surface area contributed by atoms with Crippen molar-refractivity contribution < 1.29 is 9.90 Å². The Hall–Kier alpha value is -1.55. The Bertz CT molecular complexity index is 408. The molecule has 3 N–H and O–H groups in total. The van der Waals surface area contributed by atoms with Crippen molar-refractivity contribution >= 4 is 5.91 Å². The van der Waals surface area contributed by atoms with Crippen molar-refractivity contribution in [3.05, 3.63) is 29.8 Å². The van der Waals surface area contributed by atoms with Crippen LogP contribution in [-0.4, -0.2) is 23.1 Å². The lowest BCUT2D eigenvalue weighted by Gasteiger charge is -2.26. The first-order valence-electron chi connectivity index (χ1n) is 6.47. The number of hydrogen-bond acceptors (Lipinski definition) is 3. The Balaban J connectivity index is 1.93. The third-order valence-corrected chi connectivity index (χ3v) is 3.67. The van der Waals surface area contributed by atoms with Crippen LogP contribution in [0.3, 0.4) is 0 Å². The molecule has 1 aliphatic rings. The SMILES string of the molecule is CCC1(C(=O)NCc2ccc(O)cc2)CCCN1. The molecule has 0 saturated carbocycles. The summed E-state index contributed by atoms with van der Waals surface area (Å²) >= 11 is 0. The van der Waals surface area contributed by atoms with E-state index in [0.29, 0.717) is 6.54 Å². The zero-order valence-corrected chi connectivity index (χ0v) is 10.7. The lowest BCUT2D eigenvalue weighted by molar-refractivity contribution is -0.127. The number of rotatable bonds is 4. The highest BCUT2D eigenvalue weighted by Crippen LogP contribution is 2.23. The highest BCUT2D eigenvalue weighted by molar-refractivity contribution is 5.86. The quantitative estimate of drug-likeness (QED) is 0.757. The maximum Gasteiger partial charge on any atom is 0.240 e. The highest BCUT2D eigenvalue weighted by Gasteiger charge is 2.38. The minimum absolute atomic E-state index is 0.0792. The summed E-state index contributed by atoms with van der Waals surface area (Å²) in [5, 5.41) is 15.5. The van der Waals surface area contributed by atoms with Gasteiger partial charge in [0.05, 0.1) is 5.54 Å². The van der Waals surface area contributed by atoms with Gasteiger partial charge in [0.2, 0.25) is 5.91 Å². The van der Waals surface area contributed by atoms with Crippen LogP contribution in [0.1, 0.15) is 31.7 Å². The number of hydrogen-bond donors (Lipinski definition) is 3. The van der Waals surface area contributed by atoms with Gasteiger partial charge < -0.3 is 15.7 Å². The molecule has 98 valence electrons. The van der Waals surface area contributed by atoms with Gasteiger partial charge in [-0.25, -0.2) is 0 Å². The molecule has 0 radical (unpaired) electrons. The number of carbonyl (C=O) groups excluding carboxylic acids is 1. The smallest absolute Gasteiger partial charge is 0.240 e. The van der Waals surface area contributed by atoms with Gasteiger partial charge in [0.1, 0.15) is 5.75 Å². The van der Waals surface area contributed by atoms with Crippen LogP contribution in [0.4, 0.5) is 0 Å². The van der Waals surface area contributed by atoms with Crippen LogP contribution < -0.4 is 10.6 Å². The molecule has 2 rings (SSSR count). The number of phenolic OH excluding ortho intramolecular Hbond substituents is 1. The molecule has 1 unspecified atom stereocenters. The number of phenols is 1. The number of aromatic hydroxyl groups is 1. The Morgan fingerprint density at radius 3 is 2.72 bits per heavy atom. The summed E-state index contributed by atoms with van der Waals surface area (Å²) in [4.78, 5) is 12.2. The average Bonchev–Trinajstić information content (AvgIpc) is 2.88. The van der Waals surface area contributed by atoms with Crippen LogP contribution >= 0.6 is 0 Å². The summed E-state index contributed by atoms with van der Waals surface area (Å²) in [6, 6.07) is 6.89. The predicted octanol–water partition coefficient (Wildman–Crippen LogP) is 1.54. The average molecular weight is 248 g/mol. The van der Waals surface area contributed by atoms with Gasteiger partial charge in [0.25, 0.3) is 0 Å². The molecule has 1 aliphatic heterocycles. The molecule has 0 bridgehead atoms. The summed E-state index contributed by atoms with van der Waals surface area (Å²) in [7, 11) is 0. The number of carbonyl (C=O) groups is 1. The highest BCUT2D eigenvalue weighted by atomic mass is 16.3. The fourth-order valence-electron chi connectivity index (χ4n) is 2.43. The Labute approximate surface area is 107 Å². The summed E-state index contributed by atoms with van der Waals surface area (Å²) in [6.45, 7) is 3.46. The minimum atomic E-state index is -0.378. The van der Waals surface area contributed by atoms with Crippen molar-refractivity contribution in [3.63, 3.8) is 0 Å². The molecule has 0 aliphatic carbocycles. The minimum Gasteiger partial charge on any atom is -0.508 e. The molecular formula is C14H20N2O2. The molecule has 1 aromatic carbocycles. The van der Waals surface area contributed by atoms with E-state index in [1.54, 1.807) is 12.1 Å². The van der Waals surface area contributed by atoms with Crippen LogP contribution in [0, 0.1) is 0 Å². The molecule has 1 atom stereocenters. The van der Waals surface area contributed by atoms with Crippen molar-refractivity contribution in [2.24, 2.45) is 0 Å². The van der Waals surface area contributed by atoms with Gasteiger partial charge in [-0.1, -0.05) is 19.1 Å². The first-order chi connectivity index (χ1) is 8.66. The van der Waals surface area contributed by atoms with Gasteiger partial charge in [0.15, 0.2) is 0 Å². The van der Waals surface area contributed by atoms with E-state index >= 15 is 0 Å². The fraction of sp³-hybridized carbons (Fsp3) is 0.500. The van der Waals surface area contributed by atoms with E-state index in [1.165, 1.54) is 0 Å². The number of amides is 1. The Kier molecular flexibility index (Phi) is 3.87. The lowest BCUT2D eigenvalue weighted by Crippen LogP contribution is -2.52. The van der Waals surface area contributed by atoms with E-state index in [-0.39, 0.29) is 17.2 Å². The third-order valence-electron chi connectivity index (χ3n) is 3.67. The van der Waals surface area contributed by atoms with Crippen molar-refractivity contribution in [1.82, 2.24) is 10.6 Å². The topological polar surface area (TPSA) is 61.4 Å². The molecular weight excluding hydrogens is 228 g/mol. The van der Waals surface area contributed by atoms with Crippen LogP contribution in [0.15, 0.2) is 24.3 Å². The first-order valence-corrected chi connectivity index (χ1v) is 6.47. The monoisotopic (exact) mass is 248 g/mol. The maximum atomic E-state index is 12.2. The van der Waals surface area contributed by atoms with E-state index in [4.69, 9.17) is 0 Å². The van der Waals surface area contributed by atoms with E-state index in [1.807, 2.05) is 19.1 Å². The van der Waals surface area contributed by atoms with Crippen molar-refractivity contribution in [2.75, 3.05) is 6.54 Å². The second-order valence-corrected chi connectivity index (χ2v) is 4.82. The van der Waals surface area contributed by atoms with Crippen LogP contribution in [0.25, 0.3) is 0 Å². The van der Waals surface area contributed by atoms with Gasteiger partial charge in [-0.05, 0) is 43.5 Å². The standard InChI is InChI=1S/C14H20N2O2/c1-2-14(8-3-9-16-14)13(18)15-10-11-4-6-12(17)7-5-11/h4-7,16-17H,2-3,8-10H2,1H3,(H,15,18). The summed E-state index contributed by atoms with van der Waals surface area (Å²) in [5.74, 6) is 0.322. The summed E-state index contributed by atoms with van der Waals surface area (Å²) < 4.78 is 0. The van der Waals surface area contributed by atoms with E-state index in [9.17, 15) is 9.90 Å². The largest absolute Gasteiger partial charge is 0.508 e. The first kappa shape index (κ1) is 12.9. The molecule has 0 spiro atoms. The molecule has 4 heteroatoms. The summed E-state index contributed by atoms with van der Waals surface area (Å²) in [5.41, 5.74) is 0.613. The second kappa shape index (κ2) is 5.40. The van der Waals surface area contributed by atoms with Crippen LogP contribution in [-0.2, 0) is 11.3 Å². The van der Waals surface area contributed by atoms with Crippen molar-refractivity contribution in [2.45, 2.75) is 38.3 Å². The van der Waals surface area contributed by atoms with Gasteiger partial charge in [-0.15, -0.1) is 0 Å². The molecule has 1 heterocycles. The fourth-order valence-corrected chi connectivity index (χ4v) is 2.43. The van der Waals surface area contributed by atoms with Gasteiger partial charge in [0, 0.05) is 6.54 Å². The van der Waals surface area contributed by atoms with Crippen LogP contribution in [0.2, 0.25) is 0 Å². The molecule has 4 nitrogen and oxygen atoms in total. The zero-order valence-electron chi connectivity index (χ0n) is 10.7. The van der Waals surface area contributed by atoms with Crippen molar-refractivity contribution in [3.8, 4) is 5.75 Å². The van der Waals surface area contributed by atoms with E-state index in [0.717, 1.165) is 31.4 Å². The molecule has 0 aromatic heterocycles. The number of benzene rings is 1. The van der Waals surface area contributed by atoms with Gasteiger partial charge in [-0.3, -0.25) is 4.79 Å². The molecule has 1 fully saturated rings. The maximum absolute atomic E-state index is 12.2. The Morgan fingerprint density at radius 1 is 1.44 bits per heavy atom. The van der Waals surface area contributed by atoms with Crippen LogP contribution in [0.5, 0.6) is 5.75 Å². The Morgan fingerprint density at radius 2 is 2.17 bits per heavy atom. The molecule has 1 amide bonds. The normalized spacial score (nSPS) is 22.9. The summed E-state index contributed by atoms with van der Waals surface area (Å²) in [6.07, 6.45) is 2.78. The molecule has 1 aromatic rings. The van der Waals surface area contributed by atoms with E-state index < -0.39 is 0 Å². The third kappa shape index (κ3) is 2.64. The van der Waals surface area contributed by atoms with Crippen molar-refractivity contribution in [1.29, 1.82) is 0 Å². The molecule has 18 heavy (non-hydrogen) atoms. The van der Waals surface area contributed by atoms with Gasteiger partial charge >= 0.3 is 0 Å².